The second kappa shape index (κ2) is 7.83. The van der Waals surface area contributed by atoms with Gasteiger partial charge in [-0.3, -0.25) is 19.3 Å². The van der Waals surface area contributed by atoms with Gasteiger partial charge in [-0.05, 0) is 12.1 Å². The molecule has 2 heterocycles. The number of hydrogen-bond acceptors (Lipinski definition) is 7. The van der Waals surface area contributed by atoms with Crippen LogP contribution in [0.1, 0.15) is 12.0 Å². The van der Waals surface area contributed by atoms with Gasteiger partial charge in [-0.15, -0.1) is 0 Å². The van der Waals surface area contributed by atoms with E-state index < -0.39 is 16.0 Å². The van der Waals surface area contributed by atoms with Crippen LogP contribution >= 0.6 is 0 Å². The van der Waals surface area contributed by atoms with Gasteiger partial charge in [0.1, 0.15) is 5.84 Å². The summed E-state index contributed by atoms with van der Waals surface area (Å²) < 4.78 is 36.4. The van der Waals surface area contributed by atoms with Gasteiger partial charge in [0.05, 0.1) is 31.1 Å². The quantitative estimate of drug-likeness (QED) is 0.689. The molecule has 1 aromatic carbocycles. The fourth-order valence-electron chi connectivity index (χ4n) is 2.63. The van der Waals surface area contributed by atoms with Crippen molar-refractivity contribution in [2.45, 2.75) is 11.3 Å². The minimum absolute atomic E-state index is 0.0518. The molecule has 1 fully saturated rings. The van der Waals surface area contributed by atoms with Gasteiger partial charge >= 0.3 is 5.97 Å². The van der Waals surface area contributed by atoms with Crippen molar-refractivity contribution in [2.75, 3.05) is 39.5 Å². The number of carbonyl (C=O) groups excluding carboxylic acids is 2. The van der Waals surface area contributed by atoms with Crippen LogP contribution in [0.2, 0.25) is 0 Å². The zero-order valence-corrected chi connectivity index (χ0v) is 14.8. The average molecular weight is 381 g/mol. The molecule has 3 rings (SSSR count). The van der Waals surface area contributed by atoms with Crippen LogP contribution in [0.3, 0.4) is 0 Å². The molecule has 10 heteroatoms. The topological polar surface area (TPSA) is 114 Å². The van der Waals surface area contributed by atoms with E-state index in [-0.39, 0.29) is 36.2 Å². The predicted octanol–water partition coefficient (Wildman–Crippen LogP) is -0.483. The van der Waals surface area contributed by atoms with E-state index in [0.717, 1.165) is 0 Å². The molecular weight excluding hydrogens is 362 g/mol. The van der Waals surface area contributed by atoms with E-state index in [0.29, 0.717) is 31.9 Å². The Balaban J connectivity index is 1.48. The molecule has 9 nitrogen and oxygen atoms in total. The minimum Gasteiger partial charge on any atom is -0.456 e. The molecular formula is C16H19N3O6S. The first-order chi connectivity index (χ1) is 12.5. The van der Waals surface area contributed by atoms with E-state index >= 15 is 0 Å². The van der Waals surface area contributed by atoms with E-state index in [9.17, 15) is 18.0 Å². The molecule has 0 radical (unpaired) electrons. The molecule has 0 bridgehead atoms. The van der Waals surface area contributed by atoms with Crippen LogP contribution in [0.5, 0.6) is 0 Å². The van der Waals surface area contributed by atoms with Crippen molar-refractivity contribution in [2.24, 2.45) is 4.99 Å². The van der Waals surface area contributed by atoms with Crippen molar-refractivity contribution in [1.82, 2.24) is 9.62 Å². The molecule has 0 aromatic heterocycles. The summed E-state index contributed by atoms with van der Waals surface area (Å²) in [7, 11) is -3.60. The van der Waals surface area contributed by atoms with Crippen LogP contribution in [-0.2, 0) is 29.1 Å². The highest BCUT2D eigenvalue weighted by Crippen LogP contribution is 2.22. The van der Waals surface area contributed by atoms with E-state index in [2.05, 4.69) is 9.71 Å². The zero-order valence-electron chi connectivity index (χ0n) is 14.0. The molecule has 0 unspecified atom stereocenters. The Bertz CT molecular complexity index is 830. The van der Waals surface area contributed by atoms with Gasteiger partial charge in [0.2, 0.25) is 0 Å². The smallest absolute Gasteiger partial charge is 0.308 e. The van der Waals surface area contributed by atoms with Gasteiger partial charge in [-0.1, -0.05) is 12.1 Å². The first-order valence-electron chi connectivity index (χ1n) is 8.15. The number of esters is 1. The van der Waals surface area contributed by atoms with Gasteiger partial charge in [0, 0.05) is 18.7 Å². The van der Waals surface area contributed by atoms with Crippen molar-refractivity contribution in [1.29, 1.82) is 0 Å². The third-order valence-electron chi connectivity index (χ3n) is 3.97. The number of nitrogens with one attached hydrogen (secondary N) is 1. The van der Waals surface area contributed by atoms with E-state index in [1.54, 1.807) is 23.1 Å². The van der Waals surface area contributed by atoms with E-state index in [1.165, 1.54) is 6.07 Å². The number of rotatable bonds is 5. The first kappa shape index (κ1) is 18.3. The fourth-order valence-corrected chi connectivity index (χ4v) is 3.88. The standard InChI is InChI=1S/C16H19N3O6S/c20-14(19-7-9-24-10-8-19)11-25-15(21)5-6-17-16-12-3-1-2-4-13(12)26(22,23)18-16/h1-4H,5-11H2,(H,17,18). The molecule has 2 aliphatic rings. The highest BCUT2D eigenvalue weighted by Gasteiger charge is 2.30. The van der Waals surface area contributed by atoms with Crippen LogP contribution < -0.4 is 4.72 Å². The molecule has 0 aliphatic carbocycles. The molecule has 0 saturated carbocycles. The summed E-state index contributed by atoms with van der Waals surface area (Å²) in [4.78, 5) is 29.5. The highest BCUT2D eigenvalue weighted by atomic mass is 32.2. The lowest BCUT2D eigenvalue weighted by Crippen LogP contribution is -2.42. The third-order valence-corrected chi connectivity index (χ3v) is 5.37. The molecule has 1 amide bonds. The van der Waals surface area contributed by atoms with Crippen molar-refractivity contribution in [3.63, 3.8) is 0 Å². The van der Waals surface area contributed by atoms with Gasteiger partial charge in [-0.25, -0.2) is 8.42 Å². The van der Waals surface area contributed by atoms with Crippen LogP contribution in [0, 0.1) is 0 Å². The number of hydrogen-bond donors (Lipinski definition) is 1. The number of morpholine rings is 1. The molecule has 1 N–H and O–H groups in total. The lowest BCUT2D eigenvalue weighted by atomic mass is 10.2. The Morgan fingerprint density at radius 1 is 1.23 bits per heavy atom. The van der Waals surface area contributed by atoms with Gasteiger partial charge in [0.25, 0.3) is 15.9 Å². The number of aliphatic imine (C=N–C) groups is 1. The maximum Gasteiger partial charge on any atom is 0.308 e. The number of nitrogens with zero attached hydrogens (tertiary/aromatic N) is 2. The number of fused-ring (bicyclic) bond motifs is 1. The summed E-state index contributed by atoms with van der Waals surface area (Å²) in [5.74, 6) is -0.617. The second-order valence-corrected chi connectivity index (χ2v) is 7.39. The fraction of sp³-hybridized carbons (Fsp3) is 0.438. The minimum atomic E-state index is -3.60. The largest absolute Gasteiger partial charge is 0.456 e. The Hall–Kier alpha value is -2.46. The molecule has 2 aliphatic heterocycles. The van der Waals surface area contributed by atoms with Crippen molar-refractivity contribution < 1.29 is 27.5 Å². The van der Waals surface area contributed by atoms with Crippen LogP contribution in [0.25, 0.3) is 0 Å². The van der Waals surface area contributed by atoms with Gasteiger partial charge < -0.3 is 14.4 Å². The second-order valence-electron chi connectivity index (χ2n) is 5.74. The van der Waals surface area contributed by atoms with Crippen LogP contribution in [-0.4, -0.2) is 70.5 Å². The number of amides is 1. The molecule has 0 spiro atoms. The lowest BCUT2D eigenvalue weighted by molar-refractivity contribution is -0.153. The Labute approximate surface area is 151 Å². The van der Waals surface area contributed by atoms with Crippen LogP contribution in [0.15, 0.2) is 34.2 Å². The average Bonchev–Trinajstić information content (AvgIpc) is 2.91. The van der Waals surface area contributed by atoms with Gasteiger partial charge in [0.15, 0.2) is 6.61 Å². The normalized spacial score (nSPS) is 19.7. The van der Waals surface area contributed by atoms with Crippen molar-refractivity contribution in [3.05, 3.63) is 29.8 Å². The van der Waals surface area contributed by atoms with Crippen molar-refractivity contribution >= 4 is 27.7 Å². The van der Waals surface area contributed by atoms with Gasteiger partial charge in [-0.2, -0.15) is 0 Å². The Morgan fingerprint density at radius 2 is 1.96 bits per heavy atom. The van der Waals surface area contributed by atoms with Crippen molar-refractivity contribution in [3.8, 4) is 0 Å². The summed E-state index contributed by atoms with van der Waals surface area (Å²) in [6.45, 7) is 1.68. The summed E-state index contributed by atoms with van der Waals surface area (Å²) in [5, 5.41) is 0. The summed E-state index contributed by atoms with van der Waals surface area (Å²) in [6, 6.07) is 6.48. The van der Waals surface area contributed by atoms with E-state index in [4.69, 9.17) is 9.47 Å². The molecule has 1 saturated heterocycles. The number of sulfonamides is 1. The number of carbonyl (C=O) groups is 2. The maximum absolute atomic E-state index is 12.0. The molecule has 1 aromatic rings. The number of benzene rings is 1. The predicted molar refractivity (Wildman–Crippen MR) is 91.1 cm³/mol. The summed E-state index contributed by atoms with van der Waals surface area (Å²) in [5.41, 5.74) is 0.475. The maximum atomic E-state index is 12.0. The molecule has 26 heavy (non-hydrogen) atoms. The lowest BCUT2D eigenvalue weighted by Gasteiger charge is -2.26. The Kier molecular flexibility index (Phi) is 5.52. The van der Waals surface area contributed by atoms with Crippen LogP contribution in [0.4, 0.5) is 0 Å². The monoisotopic (exact) mass is 381 g/mol. The SMILES string of the molecule is O=C(CCN=C1NS(=O)(=O)c2ccccc21)OCC(=O)N1CCOCC1. The summed E-state index contributed by atoms with van der Waals surface area (Å²) >= 11 is 0. The van der Waals surface area contributed by atoms with E-state index in [1.807, 2.05) is 0 Å². The first-order valence-corrected chi connectivity index (χ1v) is 9.63. The third kappa shape index (κ3) is 4.20. The Morgan fingerprint density at radius 3 is 2.73 bits per heavy atom. The summed E-state index contributed by atoms with van der Waals surface area (Å²) in [6.07, 6.45) is -0.0518. The number of amidine groups is 1. The zero-order chi connectivity index (χ0) is 18.6. The highest BCUT2D eigenvalue weighted by molar-refractivity contribution is 7.90. The number of ether oxygens (including phenoxy) is 2. The molecule has 140 valence electrons. The molecule has 0 atom stereocenters.